The number of fused-ring (bicyclic) bond motifs is 2. The van der Waals surface area contributed by atoms with Crippen molar-refractivity contribution in [3.8, 4) is 10.7 Å². The molecule has 0 atom stereocenters. The zero-order valence-electron chi connectivity index (χ0n) is 14.1. The predicted molar refractivity (Wildman–Crippen MR) is 101 cm³/mol. The molecule has 4 aromatic rings. The van der Waals surface area contributed by atoms with Crippen molar-refractivity contribution in [1.82, 2.24) is 19.9 Å². The highest BCUT2D eigenvalue weighted by Crippen LogP contribution is 2.26. The second kappa shape index (κ2) is 6.30. The molecule has 0 saturated heterocycles. The standard InChI is InChI=1S/C20H17FN4S/c21-15-3-4-16-13(9-22-18(16)8-15)11-25-6-5-17-14(12-25)10-23-20(24-17)19-2-1-7-26-19/h1-4,7-10,22H,5-6,11-12H2. The quantitative estimate of drug-likeness (QED) is 0.587. The minimum atomic E-state index is -0.212. The number of nitrogens with zero attached hydrogens (tertiary/aromatic N) is 3. The van der Waals surface area contributed by atoms with E-state index in [1.807, 2.05) is 29.9 Å². The summed E-state index contributed by atoms with van der Waals surface area (Å²) in [6, 6.07) is 9.00. The number of rotatable bonds is 3. The van der Waals surface area contributed by atoms with Crippen LogP contribution >= 0.6 is 11.3 Å². The second-order valence-electron chi connectivity index (χ2n) is 6.61. The Morgan fingerprint density at radius 2 is 2.23 bits per heavy atom. The van der Waals surface area contributed by atoms with Crippen LogP contribution in [0.15, 0.2) is 48.1 Å². The lowest BCUT2D eigenvalue weighted by molar-refractivity contribution is 0.244. The molecule has 0 aliphatic carbocycles. The number of H-pyrrole nitrogens is 1. The van der Waals surface area contributed by atoms with E-state index in [1.54, 1.807) is 17.4 Å². The molecule has 5 rings (SSSR count). The van der Waals surface area contributed by atoms with Gasteiger partial charge in [0.2, 0.25) is 0 Å². The highest BCUT2D eigenvalue weighted by molar-refractivity contribution is 7.13. The van der Waals surface area contributed by atoms with Crippen molar-refractivity contribution in [2.75, 3.05) is 6.54 Å². The first kappa shape index (κ1) is 15.7. The van der Waals surface area contributed by atoms with Gasteiger partial charge in [0.25, 0.3) is 0 Å². The fourth-order valence-electron chi connectivity index (χ4n) is 3.56. The molecule has 0 amide bonds. The minimum Gasteiger partial charge on any atom is -0.361 e. The number of hydrogen-bond acceptors (Lipinski definition) is 4. The maximum atomic E-state index is 13.4. The zero-order valence-corrected chi connectivity index (χ0v) is 14.9. The van der Waals surface area contributed by atoms with Crippen molar-refractivity contribution >= 4 is 22.2 Å². The molecule has 1 aliphatic rings. The van der Waals surface area contributed by atoms with Crippen LogP contribution in [-0.4, -0.2) is 26.4 Å². The van der Waals surface area contributed by atoms with Gasteiger partial charge < -0.3 is 4.98 Å². The number of aromatic nitrogens is 3. The minimum absolute atomic E-state index is 0.212. The maximum Gasteiger partial charge on any atom is 0.169 e. The van der Waals surface area contributed by atoms with Crippen LogP contribution < -0.4 is 0 Å². The molecule has 1 aliphatic heterocycles. The van der Waals surface area contributed by atoms with Crippen molar-refractivity contribution in [1.29, 1.82) is 0 Å². The largest absolute Gasteiger partial charge is 0.361 e. The van der Waals surface area contributed by atoms with E-state index in [2.05, 4.69) is 20.9 Å². The predicted octanol–water partition coefficient (Wildman–Crippen LogP) is 4.38. The van der Waals surface area contributed by atoms with Crippen molar-refractivity contribution in [2.24, 2.45) is 0 Å². The summed E-state index contributed by atoms with van der Waals surface area (Å²) in [6.07, 6.45) is 4.87. The smallest absolute Gasteiger partial charge is 0.169 e. The summed E-state index contributed by atoms with van der Waals surface area (Å²) in [6.45, 7) is 2.63. The van der Waals surface area contributed by atoms with Crippen LogP contribution in [0.3, 0.4) is 0 Å². The Hall–Kier alpha value is -2.57. The molecule has 0 radical (unpaired) electrons. The highest BCUT2D eigenvalue weighted by atomic mass is 32.1. The third kappa shape index (κ3) is 2.81. The van der Waals surface area contributed by atoms with Gasteiger partial charge in [0.1, 0.15) is 5.82 Å². The lowest BCUT2D eigenvalue weighted by Crippen LogP contribution is -2.30. The van der Waals surface area contributed by atoms with Crippen LogP contribution in [-0.2, 0) is 19.5 Å². The van der Waals surface area contributed by atoms with Crippen molar-refractivity contribution < 1.29 is 4.39 Å². The molecule has 4 heterocycles. The van der Waals surface area contributed by atoms with E-state index in [9.17, 15) is 4.39 Å². The van der Waals surface area contributed by atoms with E-state index < -0.39 is 0 Å². The number of thiophene rings is 1. The zero-order chi connectivity index (χ0) is 17.5. The van der Waals surface area contributed by atoms with Gasteiger partial charge in [-0.15, -0.1) is 11.3 Å². The van der Waals surface area contributed by atoms with E-state index in [1.165, 1.54) is 17.2 Å². The molecule has 0 saturated carbocycles. The number of halogens is 1. The first-order valence-corrected chi connectivity index (χ1v) is 9.51. The molecule has 0 bridgehead atoms. The number of aromatic amines is 1. The normalized spacial score (nSPS) is 14.7. The van der Waals surface area contributed by atoms with E-state index >= 15 is 0 Å². The molecule has 6 heteroatoms. The van der Waals surface area contributed by atoms with Gasteiger partial charge in [0.05, 0.1) is 10.6 Å². The summed E-state index contributed by atoms with van der Waals surface area (Å²) < 4.78 is 13.4. The summed E-state index contributed by atoms with van der Waals surface area (Å²) in [5.41, 5.74) is 4.39. The number of hydrogen-bond donors (Lipinski definition) is 1. The number of benzene rings is 1. The Kier molecular flexibility index (Phi) is 3.80. The summed E-state index contributed by atoms with van der Waals surface area (Å²) in [5, 5.41) is 3.13. The third-order valence-electron chi connectivity index (χ3n) is 4.88. The van der Waals surface area contributed by atoms with Gasteiger partial charge in [-0.3, -0.25) is 4.90 Å². The van der Waals surface area contributed by atoms with Gasteiger partial charge in [0, 0.05) is 54.9 Å². The van der Waals surface area contributed by atoms with Gasteiger partial charge in [0.15, 0.2) is 5.82 Å². The highest BCUT2D eigenvalue weighted by Gasteiger charge is 2.20. The molecule has 130 valence electrons. The average Bonchev–Trinajstić information content (AvgIpc) is 3.31. The Balaban J connectivity index is 1.37. The molecule has 0 unspecified atom stereocenters. The molecular weight excluding hydrogens is 347 g/mol. The van der Waals surface area contributed by atoms with Crippen LogP contribution in [0.25, 0.3) is 21.6 Å². The van der Waals surface area contributed by atoms with Crippen molar-refractivity contribution in [3.63, 3.8) is 0 Å². The SMILES string of the molecule is Fc1ccc2c(CN3CCc4nc(-c5cccs5)ncc4C3)c[nH]c2c1. The topological polar surface area (TPSA) is 44.8 Å². The van der Waals surface area contributed by atoms with Crippen molar-refractivity contribution in [3.05, 3.63) is 70.7 Å². The van der Waals surface area contributed by atoms with Gasteiger partial charge in [-0.2, -0.15) is 0 Å². The first-order valence-electron chi connectivity index (χ1n) is 8.63. The third-order valence-corrected chi connectivity index (χ3v) is 5.74. The monoisotopic (exact) mass is 364 g/mol. The summed E-state index contributed by atoms with van der Waals surface area (Å²) in [4.78, 5) is 16.0. The molecule has 0 spiro atoms. The number of nitrogens with one attached hydrogen (secondary N) is 1. The summed E-state index contributed by atoms with van der Waals surface area (Å²) in [7, 11) is 0. The van der Waals surface area contributed by atoms with E-state index in [4.69, 9.17) is 4.98 Å². The molecule has 0 fully saturated rings. The average molecular weight is 364 g/mol. The molecule has 4 nitrogen and oxygen atoms in total. The summed E-state index contributed by atoms with van der Waals surface area (Å²) in [5.74, 6) is 0.613. The lowest BCUT2D eigenvalue weighted by atomic mass is 10.1. The van der Waals surface area contributed by atoms with Crippen LogP contribution in [0, 0.1) is 5.82 Å². The van der Waals surface area contributed by atoms with E-state index in [0.717, 1.165) is 53.4 Å². The fourth-order valence-corrected chi connectivity index (χ4v) is 4.23. The molecule has 26 heavy (non-hydrogen) atoms. The Morgan fingerprint density at radius 3 is 3.12 bits per heavy atom. The van der Waals surface area contributed by atoms with E-state index in [0.29, 0.717) is 0 Å². The van der Waals surface area contributed by atoms with Gasteiger partial charge in [-0.05, 0) is 35.2 Å². The Morgan fingerprint density at radius 1 is 1.27 bits per heavy atom. The second-order valence-corrected chi connectivity index (χ2v) is 7.56. The molecule has 1 aromatic carbocycles. The van der Waals surface area contributed by atoms with Crippen LogP contribution in [0.2, 0.25) is 0 Å². The summed E-state index contributed by atoms with van der Waals surface area (Å²) >= 11 is 1.67. The molecular formula is C20H17FN4S. The molecule has 3 aromatic heterocycles. The molecule has 1 N–H and O–H groups in total. The van der Waals surface area contributed by atoms with Gasteiger partial charge >= 0.3 is 0 Å². The Labute approximate surface area is 154 Å². The van der Waals surface area contributed by atoms with E-state index in [-0.39, 0.29) is 5.82 Å². The lowest BCUT2D eigenvalue weighted by Gasteiger charge is -2.27. The Bertz CT molecular complexity index is 1070. The van der Waals surface area contributed by atoms with Crippen LogP contribution in [0.5, 0.6) is 0 Å². The van der Waals surface area contributed by atoms with Crippen LogP contribution in [0.1, 0.15) is 16.8 Å². The van der Waals surface area contributed by atoms with Crippen molar-refractivity contribution in [2.45, 2.75) is 19.5 Å². The maximum absolute atomic E-state index is 13.4. The van der Waals surface area contributed by atoms with Gasteiger partial charge in [-0.25, -0.2) is 14.4 Å². The fraction of sp³-hybridized carbons (Fsp3) is 0.200. The first-order chi connectivity index (χ1) is 12.8. The van der Waals surface area contributed by atoms with Crippen LogP contribution in [0.4, 0.5) is 4.39 Å². The van der Waals surface area contributed by atoms with Gasteiger partial charge in [-0.1, -0.05) is 6.07 Å².